The second kappa shape index (κ2) is 7.54. The first kappa shape index (κ1) is 16.8. The Balaban J connectivity index is 2.47. The van der Waals surface area contributed by atoms with Crippen molar-refractivity contribution < 1.29 is 19.5 Å². The molecule has 6 nitrogen and oxygen atoms in total. The predicted molar refractivity (Wildman–Crippen MR) is 79.4 cm³/mol. The largest absolute Gasteiger partial charge is 0.480 e. The summed E-state index contributed by atoms with van der Waals surface area (Å²) in [6.45, 7) is 3.40. The molecule has 0 aliphatic carbocycles. The number of Topliss-reactive ketones (excluding diaryl/α,β-unsaturated/α-hetero) is 1. The van der Waals surface area contributed by atoms with Crippen molar-refractivity contribution in [2.75, 3.05) is 18.9 Å². The topological polar surface area (TPSA) is 86.7 Å². The number of hydrogen-bond acceptors (Lipinski definition) is 4. The molecule has 0 bridgehead atoms. The standard InChI is InChI=1S/C15H20N2O4/c1-10(15(20)21)17(3)9-8-14(19)16-13-6-4-12(5-7-13)11(2)18/h4-7,10H,8-9H2,1-3H3,(H,16,19)(H,20,21). The van der Waals surface area contributed by atoms with Crippen LogP contribution in [0.1, 0.15) is 30.6 Å². The van der Waals surface area contributed by atoms with Gasteiger partial charge in [0.05, 0.1) is 0 Å². The van der Waals surface area contributed by atoms with Crippen LogP contribution in [-0.2, 0) is 9.59 Å². The first-order valence-corrected chi connectivity index (χ1v) is 6.65. The number of aliphatic carboxylic acids is 1. The lowest BCUT2D eigenvalue weighted by molar-refractivity contribution is -0.142. The first-order chi connectivity index (χ1) is 9.81. The van der Waals surface area contributed by atoms with Gasteiger partial charge in [-0.25, -0.2) is 0 Å². The van der Waals surface area contributed by atoms with Crippen LogP contribution >= 0.6 is 0 Å². The van der Waals surface area contributed by atoms with Crippen molar-refractivity contribution in [1.29, 1.82) is 0 Å². The van der Waals surface area contributed by atoms with Gasteiger partial charge in [0, 0.05) is 24.2 Å². The van der Waals surface area contributed by atoms with Crippen molar-refractivity contribution in [3.05, 3.63) is 29.8 Å². The van der Waals surface area contributed by atoms with Crippen LogP contribution in [0.5, 0.6) is 0 Å². The summed E-state index contributed by atoms with van der Waals surface area (Å²) in [5.41, 5.74) is 1.20. The van der Waals surface area contributed by atoms with Crippen molar-refractivity contribution in [3.63, 3.8) is 0 Å². The van der Waals surface area contributed by atoms with Crippen molar-refractivity contribution in [3.8, 4) is 0 Å². The second-order valence-corrected chi connectivity index (χ2v) is 4.93. The number of benzene rings is 1. The number of carboxylic acid groups (broad SMARTS) is 1. The number of likely N-dealkylation sites (N-methyl/N-ethyl adjacent to an activating group) is 1. The van der Waals surface area contributed by atoms with E-state index in [1.807, 2.05) is 0 Å². The average molecular weight is 292 g/mol. The van der Waals surface area contributed by atoms with E-state index in [-0.39, 0.29) is 18.1 Å². The Bertz CT molecular complexity index is 525. The molecule has 0 aliphatic rings. The Morgan fingerprint density at radius 1 is 1.24 bits per heavy atom. The Morgan fingerprint density at radius 2 is 1.81 bits per heavy atom. The van der Waals surface area contributed by atoms with E-state index in [0.717, 1.165) is 0 Å². The van der Waals surface area contributed by atoms with Crippen LogP contribution in [0.4, 0.5) is 5.69 Å². The first-order valence-electron chi connectivity index (χ1n) is 6.65. The summed E-state index contributed by atoms with van der Waals surface area (Å²) in [5, 5.41) is 11.6. The number of carboxylic acids is 1. The van der Waals surface area contributed by atoms with Crippen molar-refractivity contribution in [2.24, 2.45) is 0 Å². The molecule has 114 valence electrons. The number of carbonyl (C=O) groups is 3. The molecule has 21 heavy (non-hydrogen) atoms. The fourth-order valence-corrected chi connectivity index (χ4v) is 1.67. The smallest absolute Gasteiger partial charge is 0.320 e. The van der Waals surface area contributed by atoms with Gasteiger partial charge in [-0.15, -0.1) is 0 Å². The van der Waals surface area contributed by atoms with Crippen molar-refractivity contribution in [2.45, 2.75) is 26.3 Å². The van der Waals surface area contributed by atoms with Gasteiger partial charge in [0.2, 0.25) is 5.91 Å². The normalized spacial score (nSPS) is 12.0. The molecule has 0 heterocycles. The van der Waals surface area contributed by atoms with Crippen LogP contribution in [0.15, 0.2) is 24.3 Å². The van der Waals surface area contributed by atoms with Gasteiger partial charge in [0.15, 0.2) is 5.78 Å². The van der Waals surface area contributed by atoms with Crippen LogP contribution < -0.4 is 5.32 Å². The number of ketones is 1. The summed E-state index contributed by atoms with van der Waals surface area (Å²) in [5.74, 6) is -1.15. The van der Waals surface area contributed by atoms with E-state index in [4.69, 9.17) is 5.11 Å². The summed E-state index contributed by atoms with van der Waals surface area (Å²) >= 11 is 0. The molecule has 6 heteroatoms. The molecule has 0 saturated carbocycles. The van der Waals surface area contributed by atoms with Crippen molar-refractivity contribution >= 4 is 23.3 Å². The number of carbonyl (C=O) groups excluding carboxylic acids is 2. The summed E-state index contributed by atoms with van der Waals surface area (Å²) < 4.78 is 0. The molecule has 0 saturated heterocycles. The zero-order valence-electron chi connectivity index (χ0n) is 12.4. The van der Waals surface area contributed by atoms with Gasteiger partial charge in [-0.3, -0.25) is 19.3 Å². The number of rotatable bonds is 7. The van der Waals surface area contributed by atoms with Gasteiger partial charge in [0.25, 0.3) is 0 Å². The Hall–Kier alpha value is -2.21. The lowest BCUT2D eigenvalue weighted by Crippen LogP contribution is -2.37. The molecule has 0 fully saturated rings. The highest BCUT2D eigenvalue weighted by molar-refractivity contribution is 5.95. The molecule has 0 radical (unpaired) electrons. The minimum absolute atomic E-state index is 0.0304. The van der Waals surface area contributed by atoms with Gasteiger partial charge in [-0.2, -0.15) is 0 Å². The van der Waals surface area contributed by atoms with Gasteiger partial charge in [0.1, 0.15) is 6.04 Å². The molecule has 1 amide bonds. The molecule has 0 aliphatic heterocycles. The summed E-state index contributed by atoms with van der Waals surface area (Å²) in [7, 11) is 1.66. The van der Waals surface area contributed by atoms with E-state index in [9.17, 15) is 14.4 Å². The molecular formula is C15H20N2O4. The monoisotopic (exact) mass is 292 g/mol. The van der Waals surface area contributed by atoms with Crippen LogP contribution in [0.25, 0.3) is 0 Å². The predicted octanol–water partition coefficient (Wildman–Crippen LogP) is 1.62. The maximum absolute atomic E-state index is 11.8. The molecule has 0 spiro atoms. The van der Waals surface area contributed by atoms with E-state index < -0.39 is 12.0 Å². The Morgan fingerprint density at radius 3 is 2.29 bits per heavy atom. The van der Waals surface area contributed by atoms with Crippen LogP contribution in [0, 0.1) is 0 Å². The zero-order chi connectivity index (χ0) is 16.0. The fraction of sp³-hybridized carbons (Fsp3) is 0.400. The third kappa shape index (κ3) is 5.35. The van der Waals surface area contributed by atoms with E-state index in [0.29, 0.717) is 17.8 Å². The van der Waals surface area contributed by atoms with Crippen LogP contribution in [0.2, 0.25) is 0 Å². The summed E-state index contributed by atoms with van der Waals surface area (Å²) in [6, 6.07) is 6.00. The number of anilines is 1. The molecule has 0 aromatic heterocycles. The minimum Gasteiger partial charge on any atom is -0.480 e. The highest BCUT2D eigenvalue weighted by Crippen LogP contribution is 2.10. The lowest BCUT2D eigenvalue weighted by Gasteiger charge is -2.20. The second-order valence-electron chi connectivity index (χ2n) is 4.93. The number of nitrogens with zero attached hydrogens (tertiary/aromatic N) is 1. The molecular weight excluding hydrogens is 272 g/mol. The van der Waals surface area contributed by atoms with Crippen LogP contribution in [0.3, 0.4) is 0 Å². The molecule has 2 N–H and O–H groups in total. The lowest BCUT2D eigenvalue weighted by atomic mass is 10.1. The Labute approximate surface area is 123 Å². The molecule has 1 aromatic carbocycles. The van der Waals surface area contributed by atoms with E-state index in [2.05, 4.69) is 5.32 Å². The Kier molecular flexibility index (Phi) is 6.05. The highest BCUT2D eigenvalue weighted by Gasteiger charge is 2.17. The van der Waals surface area contributed by atoms with E-state index in [1.165, 1.54) is 6.92 Å². The summed E-state index contributed by atoms with van der Waals surface area (Å²) in [4.78, 5) is 35.3. The van der Waals surface area contributed by atoms with Gasteiger partial charge >= 0.3 is 5.97 Å². The molecule has 1 aromatic rings. The maximum atomic E-state index is 11.8. The number of nitrogens with one attached hydrogen (secondary N) is 1. The fourth-order valence-electron chi connectivity index (χ4n) is 1.67. The summed E-state index contributed by atoms with van der Waals surface area (Å²) in [6.07, 6.45) is 0.197. The highest BCUT2D eigenvalue weighted by atomic mass is 16.4. The third-order valence-electron chi connectivity index (χ3n) is 3.29. The molecule has 1 atom stereocenters. The van der Waals surface area contributed by atoms with E-state index >= 15 is 0 Å². The quantitative estimate of drug-likeness (QED) is 0.746. The van der Waals surface area contributed by atoms with Crippen LogP contribution in [-0.4, -0.2) is 47.3 Å². The van der Waals surface area contributed by atoms with E-state index in [1.54, 1.807) is 43.1 Å². The molecule has 1 unspecified atom stereocenters. The minimum atomic E-state index is -0.919. The average Bonchev–Trinajstić information content (AvgIpc) is 2.44. The maximum Gasteiger partial charge on any atom is 0.320 e. The SMILES string of the molecule is CC(=O)c1ccc(NC(=O)CCN(C)C(C)C(=O)O)cc1. The number of amides is 1. The molecule has 1 rings (SSSR count). The third-order valence-corrected chi connectivity index (χ3v) is 3.29. The van der Waals surface area contributed by atoms with Gasteiger partial charge < -0.3 is 10.4 Å². The zero-order valence-corrected chi connectivity index (χ0v) is 12.4. The number of hydrogen-bond donors (Lipinski definition) is 2. The van der Waals surface area contributed by atoms with Crippen molar-refractivity contribution in [1.82, 2.24) is 4.90 Å². The van der Waals surface area contributed by atoms with Gasteiger partial charge in [-0.05, 0) is 45.2 Å². The van der Waals surface area contributed by atoms with Gasteiger partial charge in [-0.1, -0.05) is 0 Å².